The predicted octanol–water partition coefficient (Wildman–Crippen LogP) is 4.23. The number of carbonyl (C=O) groups excluding carboxylic acids is 1. The zero-order valence-electron chi connectivity index (χ0n) is 21.8. The second-order valence-corrected chi connectivity index (χ2v) is 12.4. The van der Waals surface area contributed by atoms with Crippen LogP contribution in [0.2, 0.25) is 0 Å². The molecule has 3 unspecified atom stereocenters. The van der Waals surface area contributed by atoms with E-state index in [0.29, 0.717) is 31.0 Å². The number of sulfone groups is 1. The number of nitrogens with zero attached hydrogens (tertiary/aromatic N) is 2. The molecule has 1 saturated heterocycles. The van der Waals surface area contributed by atoms with Gasteiger partial charge < -0.3 is 23.6 Å². The molecule has 0 aliphatic carbocycles. The highest BCUT2D eigenvalue weighted by Gasteiger charge is 2.35. The first-order chi connectivity index (χ1) is 16.7. The van der Waals surface area contributed by atoms with E-state index in [0.717, 1.165) is 12.3 Å². The number of rotatable bonds is 7. The van der Waals surface area contributed by atoms with Crippen LogP contribution in [0.25, 0.3) is 11.3 Å². The van der Waals surface area contributed by atoms with Gasteiger partial charge in [0.1, 0.15) is 17.1 Å². The van der Waals surface area contributed by atoms with E-state index in [2.05, 4.69) is 5.16 Å². The molecule has 2 heterocycles. The van der Waals surface area contributed by atoms with Crippen LogP contribution in [0.3, 0.4) is 0 Å². The molecule has 1 aliphatic heterocycles. The zero-order valence-corrected chi connectivity index (χ0v) is 22.6. The molecule has 0 N–H and O–H groups in total. The summed E-state index contributed by atoms with van der Waals surface area (Å²) in [5.74, 6) is -0.511. The van der Waals surface area contributed by atoms with Gasteiger partial charge in [0.25, 0.3) is 0 Å². The van der Waals surface area contributed by atoms with Gasteiger partial charge in [-0.15, -0.1) is 0 Å². The first-order valence-electron chi connectivity index (χ1n) is 11.8. The molecule has 36 heavy (non-hydrogen) atoms. The van der Waals surface area contributed by atoms with Crippen molar-refractivity contribution in [2.45, 2.75) is 57.8 Å². The van der Waals surface area contributed by atoms with Crippen LogP contribution in [-0.4, -0.2) is 69.3 Å². The largest absolute Gasteiger partial charge is 0.444 e. The lowest BCUT2D eigenvalue weighted by molar-refractivity contribution is -0.119. The Labute approximate surface area is 211 Å². The van der Waals surface area contributed by atoms with E-state index in [1.807, 2.05) is 27.7 Å². The zero-order chi connectivity index (χ0) is 26.8. The van der Waals surface area contributed by atoms with Gasteiger partial charge in [0.05, 0.1) is 36.4 Å². The van der Waals surface area contributed by atoms with Crippen LogP contribution >= 0.6 is 0 Å². The first kappa shape index (κ1) is 28.1. The number of hydrogen-bond acceptors (Lipinski definition) is 8. The summed E-state index contributed by atoms with van der Waals surface area (Å²) in [5, 5.41) is 4.07. The molecule has 1 aromatic carbocycles. The fourth-order valence-electron chi connectivity index (χ4n) is 4.12. The predicted molar refractivity (Wildman–Crippen MR) is 131 cm³/mol. The number of benzene rings is 1. The molecule has 0 spiro atoms. The SMILES string of the molecule is Cc1c(COC2C(C)COCC2CN(C)C(=O)OC(C)(C)C)noc1-c1ccc(S(C)(=O)=O)cc1F. The Hall–Kier alpha value is -2.50. The average molecular weight is 527 g/mol. The van der Waals surface area contributed by atoms with Crippen LogP contribution < -0.4 is 0 Å². The Balaban J connectivity index is 1.72. The van der Waals surface area contributed by atoms with Crippen molar-refractivity contribution in [2.24, 2.45) is 11.8 Å². The minimum atomic E-state index is -3.53. The fraction of sp³-hybridized carbons (Fsp3) is 0.600. The molecule has 1 fully saturated rings. The molecule has 9 nitrogen and oxygen atoms in total. The van der Waals surface area contributed by atoms with Crippen molar-refractivity contribution in [3.63, 3.8) is 0 Å². The van der Waals surface area contributed by atoms with Crippen LogP contribution in [-0.2, 0) is 30.7 Å². The molecule has 11 heteroatoms. The molecule has 0 saturated carbocycles. The van der Waals surface area contributed by atoms with Crippen LogP contribution in [0.15, 0.2) is 27.6 Å². The highest BCUT2D eigenvalue weighted by Crippen LogP contribution is 2.31. The summed E-state index contributed by atoms with van der Waals surface area (Å²) in [6.07, 6.45) is 0.390. The molecule has 1 aliphatic rings. The topological polar surface area (TPSA) is 108 Å². The van der Waals surface area contributed by atoms with E-state index in [1.165, 1.54) is 17.0 Å². The van der Waals surface area contributed by atoms with Crippen molar-refractivity contribution < 1.29 is 36.3 Å². The molecule has 3 rings (SSSR count). The quantitative estimate of drug-likeness (QED) is 0.528. The summed E-state index contributed by atoms with van der Waals surface area (Å²) in [6, 6.07) is 3.67. The lowest BCUT2D eigenvalue weighted by Crippen LogP contribution is -2.47. The third-order valence-corrected chi connectivity index (χ3v) is 7.11. The van der Waals surface area contributed by atoms with Crippen molar-refractivity contribution in [3.8, 4) is 11.3 Å². The Morgan fingerprint density at radius 2 is 1.97 bits per heavy atom. The number of aromatic nitrogens is 1. The van der Waals surface area contributed by atoms with Crippen LogP contribution in [0.4, 0.5) is 9.18 Å². The van der Waals surface area contributed by atoms with Gasteiger partial charge in [0, 0.05) is 37.2 Å². The Bertz CT molecular complexity index is 1190. The molecular formula is C25H35FN2O7S. The maximum atomic E-state index is 14.7. The molecule has 0 bridgehead atoms. The number of carbonyl (C=O) groups is 1. The number of amides is 1. The summed E-state index contributed by atoms with van der Waals surface area (Å²) < 4.78 is 60.9. The highest BCUT2D eigenvalue weighted by atomic mass is 32.2. The third kappa shape index (κ3) is 6.83. The van der Waals surface area contributed by atoms with Crippen LogP contribution in [0.1, 0.15) is 39.0 Å². The third-order valence-electron chi connectivity index (χ3n) is 6.00. The fourth-order valence-corrected chi connectivity index (χ4v) is 4.76. The van der Waals surface area contributed by atoms with Gasteiger partial charge in [0.2, 0.25) is 0 Å². The van der Waals surface area contributed by atoms with E-state index < -0.39 is 27.3 Å². The van der Waals surface area contributed by atoms with Gasteiger partial charge in [-0.3, -0.25) is 0 Å². The molecule has 3 atom stereocenters. The van der Waals surface area contributed by atoms with E-state index in [1.54, 1.807) is 14.0 Å². The van der Waals surface area contributed by atoms with Gasteiger partial charge in [-0.25, -0.2) is 17.6 Å². The first-order valence-corrected chi connectivity index (χ1v) is 13.6. The number of ether oxygens (including phenoxy) is 3. The monoisotopic (exact) mass is 526 g/mol. The van der Waals surface area contributed by atoms with E-state index >= 15 is 0 Å². The summed E-state index contributed by atoms with van der Waals surface area (Å²) in [5.41, 5.74) is 0.636. The highest BCUT2D eigenvalue weighted by molar-refractivity contribution is 7.90. The lowest BCUT2D eigenvalue weighted by Gasteiger charge is -2.38. The van der Waals surface area contributed by atoms with Crippen LogP contribution in [0, 0.1) is 24.6 Å². The van der Waals surface area contributed by atoms with Crippen LogP contribution in [0.5, 0.6) is 0 Å². The molecule has 200 valence electrons. The normalized spacial score (nSPS) is 20.8. The maximum absolute atomic E-state index is 14.7. The standard InChI is InChI=1S/C25H35FN2O7S/c1-15-12-32-13-17(11-28(6)24(29)34-25(3,4)5)22(15)33-14-21-16(2)23(35-27-21)19-9-8-18(10-20(19)26)36(7,30)31/h8-10,15,17,22H,11-14H2,1-7H3. The van der Waals surface area contributed by atoms with Gasteiger partial charge in [0.15, 0.2) is 15.6 Å². The minimum Gasteiger partial charge on any atom is -0.444 e. The van der Waals surface area contributed by atoms with Gasteiger partial charge in [-0.05, 0) is 45.9 Å². The van der Waals surface area contributed by atoms with Crippen molar-refractivity contribution in [1.82, 2.24) is 10.1 Å². The second kappa shape index (κ2) is 10.9. The van der Waals surface area contributed by atoms with Gasteiger partial charge >= 0.3 is 6.09 Å². The summed E-state index contributed by atoms with van der Waals surface area (Å²) in [6.45, 7) is 10.7. The summed E-state index contributed by atoms with van der Waals surface area (Å²) in [7, 11) is -1.85. The Morgan fingerprint density at radius 1 is 1.28 bits per heavy atom. The molecular weight excluding hydrogens is 491 g/mol. The van der Waals surface area contributed by atoms with Crippen molar-refractivity contribution in [3.05, 3.63) is 35.3 Å². The van der Waals surface area contributed by atoms with E-state index in [9.17, 15) is 17.6 Å². The second-order valence-electron chi connectivity index (χ2n) is 10.4. The smallest absolute Gasteiger partial charge is 0.410 e. The number of halogens is 1. The summed E-state index contributed by atoms with van der Waals surface area (Å²) in [4.78, 5) is 13.8. The molecule has 1 amide bonds. The minimum absolute atomic E-state index is 0.0726. The maximum Gasteiger partial charge on any atom is 0.410 e. The van der Waals surface area contributed by atoms with Crippen molar-refractivity contribution in [2.75, 3.05) is 33.1 Å². The molecule has 2 aromatic rings. The van der Waals surface area contributed by atoms with E-state index in [-0.39, 0.29) is 40.8 Å². The Morgan fingerprint density at radius 3 is 2.58 bits per heavy atom. The Kier molecular flexibility index (Phi) is 8.47. The van der Waals surface area contributed by atoms with E-state index in [4.69, 9.17) is 18.7 Å². The average Bonchev–Trinajstić information content (AvgIpc) is 3.11. The molecule has 0 radical (unpaired) electrons. The number of hydrogen-bond donors (Lipinski definition) is 0. The molecule has 1 aromatic heterocycles. The van der Waals surface area contributed by atoms with Crippen molar-refractivity contribution >= 4 is 15.9 Å². The lowest BCUT2D eigenvalue weighted by atomic mass is 9.90. The van der Waals surface area contributed by atoms with Crippen molar-refractivity contribution in [1.29, 1.82) is 0 Å². The summed E-state index contributed by atoms with van der Waals surface area (Å²) >= 11 is 0. The van der Waals surface area contributed by atoms with Gasteiger partial charge in [-0.2, -0.15) is 0 Å². The van der Waals surface area contributed by atoms with Gasteiger partial charge in [-0.1, -0.05) is 12.1 Å².